The van der Waals surface area contributed by atoms with Crippen LogP contribution in [-0.4, -0.2) is 17.4 Å². The van der Waals surface area contributed by atoms with Crippen molar-refractivity contribution in [1.82, 2.24) is 0 Å². The fourth-order valence-corrected chi connectivity index (χ4v) is 1.67. The van der Waals surface area contributed by atoms with E-state index in [1.54, 1.807) is 0 Å². The van der Waals surface area contributed by atoms with Gasteiger partial charge in [-0.15, -0.1) is 0 Å². The molecule has 16 heavy (non-hydrogen) atoms. The molecule has 3 nitrogen and oxygen atoms in total. The number of thiocarbonyl (C=S) groups is 1. The van der Waals surface area contributed by atoms with Crippen LogP contribution in [0.4, 0.5) is 5.69 Å². The molecule has 0 aliphatic heterocycles. The first-order chi connectivity index (χ1) is 7.70. The Hall–Kier alpha value is -1.26. The molecular weight excluding hydrogens is 220 g/mol. The molecule has 1 aromatic rings. The average molecular weight is 236 g/mol. The maximum Gasteiger partial charge on any atom is 0.248 e. The summed E-state index contributed by atoms with van der Waals surface area (Å²) in [5, 5.41) is 0. The Bertz CT molecular complexity index is 353. The molecule has 1 amide bonds. The average Bonchev–Trinajstić information content (AvgIpc) is 2.31. The molecule has 1 unspecified atom stereocenters. The molecule has 0 bridgehead atoms. The number of nitrogens with two attached hydrogens (primary N) is 1. The van der Waals surface area contributed by atoms with E-state index in [0.717, 1.165) is 12.1 Å². The topological polar surface area (TPSA) is 46.3 Å². The first kappa shape index (κ1) is 12.8. The van der Waals surface area contributed by atoms with Gasteiger partial charge >= 0.3 is 0 Å². The number of carbonyl (C=O) groups excluding carboxylic acids is 1. The van der Waals surface area contributed by atoms with E-state index in [1.807, 2.05) is 37.3 Å². The molecule has 86 valence electrons. The highest BCUT2D eigenvalue weighted by Crippen LogP contribution is 2.13. The molecular formula is C12H16N2OS. The molecule has 0 saturated heterocycles. The maximum absolute atomic E-state index is 12.0. The van der Waals surface area contributed by atoms with E-state index in [9.17, 15) is 4.79 Å². The van der Waals surface area contributed by atoms with Gasteiger partial charge in [0.15, 0.2) is 0 Å². The van der Waals surface area contributed by atoms with Crippen LogP contribution in [-0.2, 0) is 4.79 Å². The molecule has 0 aliphatic carbocycles. The van der Waals surface area contributed by atoms with E-state index in [2.05, 4.69) is 0 Å². The van der Waals surface area contributed by atoms with Crippen molar-refractivity contribution in [3.63, 3.8) is 0 Å². The van der Waals surface area contributed by atoms with Crippen molar-refractivity contribution in [2.24, 2.45) is 5.73 Å². The summed E-state index contributed by atoms with van der Waals surface area (Å²) in [6.07, 6.45) is 1.55. The largest absolute Gasteiger partial charge is 0.320 e. The lowest BCUT2D eigenvalue weighted by Gasteiger charge is -2.20. The number of nitrogens with zero attached hydrogens (tertiary/aromatic N) is 1. The quantitative estimate of drug-likeness (QED) is 0.796. The van der Waals surface area contributed by atoms with Gasteiger partial charge in [-0.2, -0.15) is 0 Å². The first-order valence-electron chi connectivity index (χ1n) is 5.29. The van der Waals surface area contributed by atoms with Gasteiger partial charge in [-0.25, -0.2) is 0 Å². The fraction of sp³-hybridized carbons (Fsp3) is 0.333. The zero-order chi connectivity index (χ0) is 12.0. The van der Waals surface area contributed by atoms with Gasteiger partial charge in [0.2, 0.25) is 5.91 Å². The third-order valence-corrected chi connectivity index (χ3v) is 2.50. The Morgan fingerprint density at radius 1 is 1.50 bits per heavy atom. The normalized spacial score (nSPS) is 11.9. The number of amides is 1. The van der Waals surface area contributed by atoms with Crippen LogP contribution in [0.15, 0.2) is 30.3 Å². The molecule has 1 aromatic carbocycles. The number of benzene rings is 1. The van der Waals surface area contributed by atoms with Crippen molar-refractivity contribution in [2.75, 3.05) is 4.90 Å². The van der Waals surface area contributed by atoms with Crippen molar-refractivity contribution in [3.05, 3.63) is 30.3 Å². The summed E-state index contributed by atoms with van der Waals surface area (Å²) in [5.41, 5.74) is 7.88. The highest BCUT2D eigenvalue weighted by molar-refractivity contribution is 7.79. The van der Waals surface area contributed by atoms with Gasteiger partial charge in [-0.05, 0) is 18.6 Å². The van der Waals surface area contributed by atoms with Crippen molar-refractivity contribution in [3.8, 4) is 0 Å². The summed E-state index contributed by atoms with van der Waals surface area (Å²) < 4.78 is 0. The van der Waals surface area contributed by atoms with Crippen LogP contribution >= 0.6 is 12.2 Å². The molecule has 0 saturated carbocycles. The van der Waals surface area contributed by atoms with Crippen molar-refractivity contribution >= 4 is 29.3 Å². The molecule has 0 aromatic heterocycles. The van der Waals surface area contributed by atoms with Gasteiger partial charge in [-0.3, -0.25) is 9.69 Å². The van der Waals surface area contributed by atoms with Crippen LogP contribution in [0.5, 0.6) is 0 Å². The Morgan fingerprint density at radius 2 is 2.12 bits per heavy atom. The third kappa shape index (κ3) is 3.12. The van der Waals surface area contributed by atoms with Crippen LogP contribution in [0.3, 0.4) is 0 Å². The van der Waals surface area contributed by atoms with Gasteiger partial charge in [0.05, 0.1) is 11.5 Å². The van der Waals surface area contributed by atoms with Crippen molar-refractivity contribution in [1.29, 1.82) is 0 Å². The lowest BCUT2D eigenvalue weighted by molar-refractivity contribution is -0.118. The van der Waals surface area contributed by atoms with E-state index in [0.29, 0.717) is 6.42 Å². The standard InChI is InChI=1S/C12H16N2OS/c1-2-6-11(13)12(15)14(9-16)10-7-4-3-5-8-10/h3-5,7-9,11H,2,6,13H2,1H3. The first-order valence-corrected chi connectivity index (χ1v) is 5.76. The Morgan fingerprint density at radius 3 is 2.62 bits per heavy atom. The minimum atomic E-state index is -0.482. The van der Waals surface area contributed by atoms with Crippen molar-refractivity contribution < 1.29 is 4.79 Å². The van der Waals surface area contributed by atoms with E-state index in [1.165, 1.54) is 10.4 Å². The van der Waals surface area contributed by atoms with E-state index in [4.69, 9.17) is 18.0 Å². The van der Waals surface area contributed by atoms with Gasteiger partial charge in [-0.1, -0.05) is 43.8 Å². The van der Waals surface area contributed by atoms with E-state index in [-0.39, 0.29) is 5.91 Å². The minimum Gasteiger partial charge on any atom is -0.320 e. The number of para-hydroxylation sites is 1. The Balaban J connectivity index is 2.83. The van der Waals surface area contributed by atoms with Crippen LogP contribution in [0.25, 0.3) is 0 Å². The number of hydrogen-bond donors (Lipinski definition) is 1. The predicted octanol–water partition coefficient (Wildman–Crippen LogP) is 2.10. The zero-order valence-corrected chi connectivity index (χ0v) is 10.1. The summed E-state index contributed by atoms with van der Waals surface area (Å²) in [6, 6.07) is 8.80. The van der Waals surface area contributed by atoms with Gasteiger partial charge in [0.25, 0.3) is 0 Å². The highest BCUT2D eigenvalue weighted by atomic mass is 32.1. The van der Waals surface area contributed by atoms with Crippen LogP contribution in [0.2, 0.25) is 0 Å². The monoisotopic (exact) mass is 236 g/mol. The second-order valence-electron chi connectivity index (χ2n) is 3.54. The molecule has 1 atom stereocenters. The fourth-order valence-electron chi connectivity index (χ4n) is 1.44. The molecule has 2 N–H and O–H groups in total. The predicted molar refractivity (Wildman–Crippen MR) is 70.5 cm³/mol. The third-order valence-electron chi connectivity index (χ3n) is 2.29. The summed E-state index contributed by atoms with van der Waals surface area (Å²) >= 11 is 4.86. The summed E-state index contributed by atoms with van der Waals surface area (Å²) in [4.78, 5) is 13.4. The SMILES string of the molecule is CCCC(N)C(=O)N(C=S)c1ccccc1. The maximum atomic E-state index is 12.0. The van der Waals surface area contributed by atoms with Crippen molar-refractivity contribution in [2.45, 2.75) is 25.8 Å². The molecule has 0 spiro atoms. The summed E-state index contributed by atoms with van der Waals surface area (Å²) in [6.45, 7) is 2.00. The number of rotatable bonds is 5. The minimum absolute atomic E-state index is 0.150. The molecule has 0 aliphatic rings. The molecule has 1 rings (SSSR count). The lowest BCUT2D eigenvalue weighted by atomic mass is 10.1. The van der Waals surface area contributed by atoms with Gasteiger partial charge in [0, 0.05) is 5.69 Å². The lowest BCUT2D eigenvalue weighted by Crippen LogP contribution is -2.42. The Labute approximate surface area is 101 Å². The number of anilines is 1. The zero-order valence-electron chi connectivity index (χ0n) is 9.30. The van der Waals surface area contributed by atoms with Gasteiger partial charge in [0.1, 0.15) is 0 Å². The number of carbonyl (C=O) groups is 1. The smallest absolute Gasteiger partial charge is 0.248 e. The molecule has 4 heteroatoms. The summed E-state index contributed by atoms with van der Waals surface area (Å²) in [5.74, 6) is -0.150. The Kier molecular flexibility index (Phi) is 5.08. The molecule has 0 radical (unpaired) electrons. The van der Waals surface area contributed by atoms with Crippen LogP contribution in [0.1, 0.15) is 19.8 Å². The van der Waals surface area contributed by atoms with E-state index < -0.39 is 6.04 Å². The molecule has 0 heterocycles. The van der Waals surface area contributed by atoms with Crippen LogP contribution < -0.4 is 10.6 Å². The number of hydrogen-bond acceptors (Lipinski definition) is 3. The van der Waals surface area contributed by atoms with Crippen LogP contribution in [0, 0.1) is 0 Å². The second kappa shape index (κ2) is 6.35. The highest BCUT2D eigenvalue weighted by Gasteiger charge is 2.19. The van der Waals surface area contributed by atoms with E-state index >= 15 is 0 Å². The summed E-state index contributed by atoms with van der Waals surface area (Å²) in [7, 11) is 0. The second-order valence-corrected chi connectivity index (χ2v) is 3.76. The molecule has 0 fully saturated rings. The van der Waals surface area contributed by atoms with Gasteiger partial charge < -0.3 is 5.73 Å².